The highest BCUT2D eigenvalue weighted by atomic mass is 35.5. The summed E-state index contributed by atoms with van der Waals surface area (Å²) in [5, 5.41) is 9.61. The van der Waals surface area contributed by atoms with Crippen LogP contribution in [-0.4, -0.2) is 41.9 Å². The number of rotatable bonds is 3. The Bertz CT molecular complexity index is 667. The van der Waals surface area contributed by atoms with E-state index in [0.29, 0.717) is 28.1 Å². The van der Waals surface area contributed by atoms with Gasteiger partial charge in [0.05, 0.1) is 10.6 Å². The summed E-state index contributed by atoms with van der Waals surface area (Å²) in [5.41, 5.74) is 0.718. The molecule has 1 atom stereocenters. The van der Waals surface area contributed by atoms with Crippen LogP contribution in [0.1, 0.15) is 48.5 Å². The normalized spacial score (nSPS) is 29.1. The molecule has 1 aromatic carbocycles. The van der Waals surface area contributed by atoms with Crippen LogP contribution >= 0.6 is 11.6 Å². The molecule has 1 saturated carbocycles. The summed E-state index contributed by atoms with van der Waals surface area (Å²) in [6.07, 6.45) is 4.22. The Labute approximate surface area is 147 Å². The standard InChI is InChI=1S/C18H24ClNO4/c1-10-13(17(21)22)9-14(19)16-15(10)23-18(2,24-16)11-5-7-12(8-6-11)20(3)4/h9,11-12H,5-8H2,1-4H3,(H,21,22)/t11?,12?,18-/m1/s1. The SMILES string of the molecule is Cc1c(C(=O)O)cc(Cl)c2c1O[C@@](C)(C1CCC(N(C)C)CC1)O2. The number of carboxylic acids is 1. The minimum atomic E-state index is -1.01. The van der Waals surface area contributed by atoms with Gasteiger partial charge in [0, 0.05) is 24.4 Å². The first kappa shape index (κ1) is 17.4. The van der Waals surface area contributed by atoms with E-state index in [1.165, 1.54) is 6.07 Å². The largest absolute Gasteiger partial charge is 0.478 e. The van der Waals surface area contributed by atoms with E-state index in [1.54, 1.807) is 6.92 Å². The minimum absolute atomic E-state index is 0.155. The maximum absolute atomic E-state index is 11.4. The van der Waals surface area contributed by atoms with Gasteiger partial charge < -0.3 is 19.5 Å². The summed E-state index contributed by atoms with van der Waals surface area (Å²) in [4.78, 5) is 13.6. The average Bonchev–Trinajstić information content (AvgIpc) is 2.91. The number of nitrogens with zero attached hydrogens (tertiary/aromatic N) is 1. The molecular weight excluding hydrogens is 330 g/mol. The number of benzene rings is 1. The van der Waals surface area contributed by atoms with Gasteiger partial charge in [0.25, 0.3) is 5.79 Å². The predicted molar refractivity (Wildman–Crippen MR) is 92.2 cm³/mol. The summed E-state index contributed by atoms with van der Waals surface area (Å²) < 4.78 is 12.3. The van der Waals surface area contributed by atoms with Crippen LogP contribution in [-0.2, 0) is 0 Å². The van der Waals surface area contributed by atoms with Crippen LogP contribution in [0.3, 0.4) is 0 Å². The van der Waals surface area contributed by atoms with Crippen LogP contribution in [0.2, 0.25) is 5.02 Å². The lowest BCUT2D eigenvalue weighted by molar-refractivity contribution is -0.123. The quantitative estimate of drug-likeness (QED) is 0.891. The van der Waals surface area contributed by atoms with Crippen molar-refractivity contribution in [1.82, 2.24) is 4.90 Å². The summed E-state index contributed by atoms with van der Waals surface area (Å²) >= 11 is 6.25. The first-order chi connectivity index (χ1) is 11.2. The predicted octanol–water partition coefficient (Wildman–Crippen LogP) is 3.95. The van der Waals surface area contributed by atoms with E-state index in [4.69, 9.17) is 21.1 Å². The van der Waals surface area contributed by atoms with Gasteiger partial charge in [-0.3, -0.25) is 0 Å². The van der Waals surface area contributed by atoms with Crippen molar-refractivity contribution in [3.63, 3.8) is 0 Å². The van der Waals surface area contributed by atoms with Crippen LogP contribution in [0.25, 0.3) is 0 Å². The summed E-state index contributed by atoms with van der Waals surface area (Å²) in [6, 6.07) is 2.04. The van der Waals surface area contributed by atoms with Crippen molar-refractivity contribution in [3.05, 3.63) is 22.2 Å². The van der Waals surface area contributed by atoms with Crippen molar-refractivity contribution < 1.29 is 19.4 Å². The fourth-order valence-corrected chi connectivity index (χ4v) is 4.08. The number of halogens is 1. The van der Waals surface area contributed by atoms with Crippen LogP contribution in [0, 0.1) is 12.8 Å². The van der Waals surface area contributed by atoms with Crippen LogP contribution in [0.5, 0.6) is 11.5 Å². The molecule has 1 N–H and O–H groups in total. The number of carboxylic acid groups (broad SMARTS) is 1. The number of carbonyl (C=O) groups is 1. The van der Waals surface area contributed by atoms with Gasteiger partial charge in [-0.15, -0.1) is 0 Å². The lowest BCUT2D eigenvalue weighted by Gasteiger charge is -2.39. The van der Waals surface area contributed by atoms with Crippen molar-refractivity contribution in [1.29, 1.82) is 0 Å². The molecule has 0 unspecified atom stereocenters. The van der Waals surface area contributed by atoms with Gasteiger partial charge in [-0.2, -0.15) is 0 Å². The maximum Gasteiger partial charge on any atom is 0.336 e. The third-order valence-corrected chi connectivity index (χ3v) is 5.73. The molecule has 2 aliphatic rings. The first-order valence-corrected chi connectivity index (χ1v) is 8.71. The summed E-state index contributed by atoms with van der Waals surface area (Å²) in [5.74, 6) is -0.607. The zero-order valence-electron chi connectivity index (χ0n) is 14.6. The zero-order chi connectivity index (χ0) is 17.6. The Kier molecular flexibility index (Phi) is 4.43. The molecule has 24 heavy (non-hydrogen) atoms. The number of ether oxygens (including phenoxy) is 2. The molecule has 0 aromatic heterocycles. The molecule has 6 heteroatoms. The van der Waals surface area contributed by atoms with Crippen molar-refractivity contribution in [2.24, 2.45) is 5.92 Å². The zero-order valence-corrected chi connectivity index (χ0v) is 15.3. The van der Waals surface area contributed by atoms with E-state index in [-0.39, 0.29) is 11.5 Å². The second-order valence-electron chi connectivity index (χ2n) is 7.18. The molecule has 0 bridgehead atoms. The monoisotopic (exact) mass is 353 g/mol. The Hall–Kier alpha value is -1.46. The first-order valence-electron chi connectivity index (χ1n) is 8.33. The van der Waals surface area contributed by atoms with E-state index in [0.717, 1.165) is 25.7 Å². The molecule has 3 rings (SSSR count). The third-order valence-electron chi connectivity index (χ3n) is 5.45. The summed E-state index contributed by atoms with van der Waals surface area (Å²) in [7, 11) is 4.23. The molecule has 0 amide bonds. The molecule has 132 valence electrons. The second-order valence-corrected chi connectivity index (χ2v) is 7.59. The highest BCUT2D eigenvalue weighted by Crippen LogP contribution is 2.51. The Morgan fingerprint density at radius 1 is 1.25 bits per heavy atom. The average molecular weight is 354 g/mol. The number of aromatic carboxylic acids is 1. The molecular formula is C18H24ClNO4. The van der Waals surface area contributed by atoms with Gasteiger partial charge in [0.15, 0.2) is 11.5 Å². The van der Waals surface area contributed by atoms with Gasteiger partial charge in [-0.05, 0) is 52.8 Å². The maximum atomic E-state index is 11.4. The van der Waals surface area contributed by atoms with Gasteiger partial charge in [0.1, 0.15) is 0 Å². The second kappa shape index (κ2) is 6.12. The van der Waals surface area contributed by atoms with Crippen molar-refractivity contribution in [2.75, 3.05) is 14.1 Å². The molecule has 1 heterocycles. The molecule has 1 aromatic rings. The van der Waals surface area contributed by atoms with Crippen LogP contribution in [0.4, 0.5) is 0 Å². The van der Waals surface area contributed by atoms with E-state index in [1.807, 2.05) is 6.92 Å². The third kappa shape index (κ3) is 2.84. The fourth-order valence-electron chi connectivity index (χ4n) is 3.85. The number of hydrogen-bond donors (Lipinski definition) is 1. The van der Waals surface area contributed by atoms with Crippen LogP contribution < -0.4 is 9.47 Å². The van der Waals surface area contributed by atoms with Gasteiger partial charge in [-0.1, -0.05) is 11.6 Å². The molecule has 0 saturated heterocycles. The molecule has 1 fully saturated rings. The molecule has 5 nitrogen and oxygen atoms in total. The van der Waals surface area contributed by atoms with Gasteiger partial charge in [-0.25, -0.2) is 4.79 Å². The summed E-state index contributed by atoms with van der Waals surface area (Å²) in [6.45, 7) is 3.67. The number of fused-ring (bicyclic) bond motifs is 1. The lowest BCUT2D eigenvalue weighted by atomic mass is 9.81. The molecule has 1 aliphatic carbocycles. The Balaban J connectivity index is 1.84. The highest BCUT2D eigenvalue weighted by Gasteiger charge is 2.47. The van der Waals surface area contributed by atoms with Crippen molar-refractivity contribution >= 4 is 17.6 Å². The Morgan fingerprint density at radius 3 is 2.38 bits per heavy atom. The van der Waals surface area contributed by atoms with Gasteiger partial charge >= 0.3 is 5.97 Å². The molecule has 0 spiro atoms. The Morgan fingerprint density at radius 2 is 1.83 bits per heavy atom. The van der Waals surface area contributed by atoms with Crippen LogP contribution in [0.15, 0.2) is 6.07 Å². The number of hydrogen-bond acceptors (Lipinski definition) is 4. The van der Waals surface area contributed by atoms with E-state index >= 15 is 0 Å². The van der Waals surface area contributed by atoms with Gasteiger partial charge in [0.2, 0.25) is 0 Å². The highest BCUT2D eigenvalue weighted by molar-refractivity contribution is 6.32. The lowest BCUT2D eigenvalue weighted by Crippen LogP contribution is -2.46. The van der Waals surface area contributed by atoms with E-state index in [9.17, 15) is 9.90 Å². The van der Waals surface area contributed by atoms with E-state index < -0.39 is 11.8 Å². The molecule has 1 aliphatic heterocycles. The van der Waals surface area contributed by atoms with Crippen molar-refractivity contribution in [2.45, 2.75) is 51.4 Å². The van der Waals surface area contributed by atoms with E-state index in [2.05, 4.69) is 19.0 Å². The smallest absolute Gasteiger partial charge is 0.336 e. The minimum Gasteiger partial charge on any atom is -0.478 e. The van der Waals surface area contributed by atoms with Crippen molar-refractivity contribution in [3.8, 4) is 11.5 Å². The molecule has 0 radical (unpaired) electrons. The fraction of sp³-hybridized carbons (Fsp3) is 0.611. The topological polar surface area (TPSA) is 59.0 Å².